The van der Waals surface area contributed by atoms with Gasteiger partial charge in [0.2, 0.25) is 0 Å². The van der Waals surface area contributed by atoms with Gasteiger partial charge < -0.3 is 10.2 Å². The van der Waals surface area contributed by atoms with Crippen molar-refractivity contribution in [2.24, 2.45) is 5.92 Å². The van der Waals surface area contributed by atoms with Crippen LogP contribution in [0.25, 0.3) is 0 Å². The van der Waals surface area contributed by atoms with Crippen molar-refractivity contribution >= 4 is 11.7 Å². The molecule has 0 aromatic carbocycles. The molecule has 2 heterocycles. The zero-order chi connectivity index (χ0) is 13.8. The van der Waals surface area contributed by atoms with E-state index in [1.807, 2.05) is 13.8 Å². The van der Waals surface area contributed by atoms with Crippen LogP contribution in [-0.2, 0) is 0 Å². The second-order valence-electron chi connectivity index (χ2n) is 5.58. The number of nitrogens with one attached hydrogen (secondary N) is 1. The summed E-state index contributed by atoms with van der Waals surface area (Å²) in [5, 5.41) is 2.81. The van der Waals surface area contributed by atoms with E-state index in [1.54, 1.807) is 12.4 Å². The number of carbonyl (C=O) groups excluding carboxylic acids is 1. The van der Waals surface area contributed by atoms with Crippen molar-refractivity contribution in [1.29, 1.82) is 0 Å². The van der Waals surface area contributed by atoms with Gasteiger partial charge in [0.25, 0.3) is 5.91 Å². The van der Waals surface area contributed by atoms with Crippen LogP contribution in [0.5, 0.6) is 0 Å². The van der Waals surface area contributed by atoms with Crippen molar-refractivity contribution in [2.45, 2.75) is 39.7 Å². The fourth-order valence-electron chi connectivity index (χ4n) is 2.34. The summed E-state index contributed by atoms with van der Waals surface area (Å²) in [4.78, 5) is 22.6. The molecule has 1 fully saturated rings. The van der Waals surface area contributed by atoms with Gasteiger partial charge in [-0.05, 0) is 32.6 Å². The highest BCUT2D eigenvalue weighted by atomic mass is 16.1. The van der Waals surface area contributed by atoms with Crippen molar-refractivity contribution in [3.8, 4) is 0 Å². The maximum Gasteiger partial charge on any atom is 0.271 e. The molecule has 0 spiro atoms. The van der Waals surface area contributed by atoms with Crippen LogP contribution in [0.2, 0.25) is 0 Å². The number of rotatable bonds is 3. The SMILES string of the molecule is CC1CCCN(c2cnc(C(=O)NC(C)C)cn2)C1. The van der Waals surface area contributed by atoms with Crippen LogP contribution in [0, 0.1) is 5.92 Å². The lowest BCUT2D eigenvalue weighted by Gasteiger charge is -2.31. The van der Waals surface area contributed by atoms with Gasteiger partial charge >= 0.3 is 0 Å². The molecule has 2 rings (SSSR count). The van der Waals surface area contributed by atoms with Crippen LogP contribution in [-0.4, -0.2) is 35.0 Å². The van der Waals surface area contributed by atoms with Crippen molar-refractivity contribution in [1.82, 2.24) is 15.3 Å². The van der Waals surface area contributed by atoms with E-state index in [2.05, 4.69) is 27.1 Å². The van der Waals surface area contributed by atoms with Gasteiger partial charge in [-0.25, -0.2) is 9.97 Å². The zero-order valence-corrected chi connectivity index (χ0v) is 11.9. The molecule has 1 saturated heterocycles. The highest BCUT2D eigenvalue weighted by Gasteiger charge is 2.18. The largest absolute Gasteiger partial charge is 0.355 e. The number of anilines is 1. The second-order valence-corrected chi connectivity index (χ2v) is 5.58. The monoisotopic (exact) mass is 262 g/mol. The molecule has 1 N–H and O–H groups in total. The Kier molecular flexibility index (Phi) is 4.35. The molecule has 0 saturated carbocycles. The number of amides is 1. The van der Waals surface area contributed by atoms with E-state index in [0.29, 0.717) is 11.6 Å². The lowest BCUT2D eigenvalue weighted by Crippen LogP contribution is -2.35. The summed E-state index contributed by atoms with van der Waals surface area (Å²) in [6.07, 6.45) is 5.73. The van der Waals surface area contributed by atoms with Gasteiger partial charge in [0.05, 0.1) is 12.4 Å². The predicted octanol–water partition coefficient (Wildman–Crippen LogP) is 1.85. The van der Waals surface area contributed by atoms with Gasteiger partial charge in [-0.2, -0.15) is 0 Å². The average Bonchev–Trinajstić information content (AvgIpc) is 2.38. The third-order valence-corrected chi connectivity index (χ3v) is 3.27. The molecule has 0 aliphatic carbocycles. The first-order valence-corrected chi connectivity index (χ1v) is 6.94. The first-order valence-electron chi connectivity index (χ1n) is 6.94. The number of piperidine rings is 1. The zero-order valence-electron chi connectivity index (χ0n) is 11.9. The molecular formula is C14H22N4O. The summed E-state index contributed by atoms with van der Waals surface area (Å²) in [6, 6.07) is 0.108. The van der Waals surface area contributed by atoms with Crippen molar-refractivity contribution in [3.63, 3.8) is 0 Å². The Morgan fingerprint density at radius 2 is 2.21 bits per heavy atom. The predicted molar refractivity (Wildman–Crippen MR) is 75.2 cm³/mol. The Labute approximate surface area is 114 Å². The molecule has 104 valence electrons. The van der Waals surface area contributed by atoms with Gasteiger partial charge in [0, 0.05) is 19.1 Å². The molecule has 0 radical (unpaired) electrons. The van der Waals surface area contributed by atoms with E-state index in [0.717, 1.165) is 18.9 Å². The van der Waals surface area contributed by atoms with Crippen LogP contribution in [0.4, 0.5) is 5.82 Å². The lowest BCUT2D eigenvalue weighted by atomic mass is 10.0. The van der Waals surface area contributed by atoms with Gasteiger partial charge in [0.15, 0.2) is 0 Å². The molecule has 19 heavy (non-hydrogen) atoms. The Balaban J connectivity index is 2.03. The number of hydrogen-bond donors (Lipinski definition) is 1. The minimum atomic E-state index is -0.166. The molecule has 1 unspecified atom stereocenters. The number of aromatic nitrogens is 2. The first-order chi connectivity index (χ1) is 9.06. The molecule has 0 bridgehead atoms. The van der Waals surface area contributed by atoms with E-state index in [1.165, 1.54) is 12.8 Å². The molecule has 1 atom stereocenters. The Morgan fingerprint density at radius 3 is 2.79 bits per heavy atom. The molecule has 5 nitrogen and oxygen atoms in total. The minimum absolute atomic E-state index is 0.108. The molecule has 1 aromatic rings. The molecule has 1 aromatic heterocycles. The third kappa shape index (κ3) is 3.66. The Bertz CT molecular complexity index is 430. The van der Waals surface area contributed by atoms with Crippen LogP contribution in [0.15, 0.2) is 12.4 Å². The summed E-state index contributed by atoms with van der Waals surface area (Å²) in [6.45, 7) is 8.15. The molecule has 1 aliphatic heterocycles. The lowest BCUT2D eigenvalue weighted by molar-refractivity contribution is 0.0937. The van der Waals surface area contributed by atoms with Gasteiger partial charge in [-0.1, -0.05) is 6.92 Å². The van der Waals surface area contributed by atoms with E-state index in [-0.39, 0.29) is 11.9 Å². The summed E-state index contributed by atoms with van der Waals surface area (Å²) in [5.74, 6) is 1.40. The highest BCUT2D eigenvalue weighted by molar-refractivity contribution is 5.92. The maximum absolute atomic E-state index is 11.8. The van der Waals surface area contributed by atoms with Crippen molar-refractivity contribution in [3.05, 3.63) is 18.1 Å². The number of carbonyl (C=O) groups is 1. The topological polar surface area (TPSA) is 58.1 Å². The van der Waals surface area contributed by atoms with E-state index < -0.39 is 0 Å². The quantitative estimate of drug-likeness (QED) is 0.903. The average molecular weight is 262 g/mol. The normalized spacial score (nSPS) is 19.6. The summed E-state index contributed by atoms with van der Waals surface area (Å²) in [7, 11) is 0. The van der Waals surface area contributed by atoms with Crippen LogP contribution < -0.4 is 10.2 Å². The fourth-order valence-corrected chi connectivity index (χ4v) is 2.34. The van der Waals surface area contributed by atoms with E-state index >= 15 is 0 Å². The van der Waals surface area contributed by atoms with Gasteiger partial charge in [-0.3, -0.25) is 4.79 Å². The summed E-state index contributed by atoms with van der Waals surface area (Å²) >= 11 is 0. The standard InChI is InChI=1S/C14H22N4O/c1-10(2)17-14(19)12-7-16-13(8-15-12)18-6-4-5-11(3)9-18/h7-8,10-11H,4-6,9H2,1-3H3,(H,17,19). The van der Waals surface area contributed by atoms with Crippen LogP contribution in [0.1, 0.15) is 44.1 Å². The molecular weight excluding hydrogens is 240 g/mol. The second kappa shape index (κ2) is 5.99. The van der Waals surface area contributed by atoms with E-state index in [9.17, 15) is 4.79 Å². The van der Waals surface area contributed by atoms with Crippen molar-refractivity contribution < 1.29 is 4.79 Å². The Morgan fingerprint density at radius 1 is 1.42 bits per heavy atom. The smallest absolute Gasteiger partial charge is 0.271 e. The fraction of sp³-hybridized carbons (Fsp3) is 0.643. The molecule has 1 aliphatic rings. The Hall–Kier alpha value is -1.65. The van der Waals surface area contributed by atoms with Gasteiger partial charge in [0.1, 0.15) is 11.5 Å². The van der Waals surface area contributed by atoms with Gasteiger partial charge in [-0.15, -0.1) is 0 Å². The molecule has 5 heteroatoms. The third-order valence-electron chi connectivity index (χ3n) is 3.27. The number of nitrogens with zero attached hydrogens (tertiary/aromatic N) is 3. The van der Waals surface area contributed by atoms with Crippen molar-refractivity contribution in [2.75, 3.05) is 18.0 Å². The van der Waals surface area contributed by atoms with Crippen LogP contribution >= 0.6 is 0 Å². The number of hydrogen-bond acceptors (Lipinski definition) is 4. The summed E-state index contributed by atoms with van der Waals surface area (Å²) in [5.41, 5.74) is 0.377. The highest BCUT2D eigenvalue weighted by Crippen LogP contribution is 2.20. The first kappa shape index (κ1) is 13.8. The van der Waals surface area contributed by atoms with E-state index in [4.69, 9.17) is 0 Å². The summed E-state index contributed by atoms with van der Waals surface area (Å²) < 4.78 is 0. The molecule has 1 amide bonds. The maximum atomic E-state index is 11.8. The van der Waals surface area contributed by atoms with Crippen LogP contribution in [0.3, 0.4) is 0 Å². The minimum Gasteiger partial charge on any atom is -0.355 e.